The van der Waals surface area contributed by atoms with Crippen molar-refractivity contribution in [1.29, 1.82) is 0 Å². The van der Waals surface area contributed by atoms with Crippen molar-refractivity contribution in [2.24, 2.45) is 0 Å². The number of amides is 3. The van der Waals surface area contributed by atoms with Crippen molar-refractivity contribution >= 4 is 27.9 Å². The number of nitrogens with one attached hydrogen (secondary N) is 2. The van der Waals surface area contributed by atoms with Crippen molar-refractivity contribution in [3.63, 3.8) is 0 Å². The third-order valence-corrected chi connectivity index (χ3v) is 4.23. The highest BCUT2D eigenvalue weighted by atomic mass is 79.9. The number of halogens is 1. The number of rotatable bonds is 4. The number of hydrogen-bond acceptors (Lipinski definition) is 3. The molecule has 0 radical (unpaired) electrons. The van der Waals surface area contributed by atoms with Crippen LogP contribution < -0.4 is 15.4 Å². The van der Waals surface area contributed by atoms with E-state index < -0.39 is 17.5 Å². The largest absolute Gasteiger partial charge is 0.490 e. The van der Waals surface area contributed by atoms with Crippen LogP contribution in [0.4, 0.5) is 4.79 Å². The van der Waals surface area contributed by atoms with Crippen molar-refractivity contribution in [2.75, 3.05) is 6.61 Å². The molecule has 3 rings (SSSR count). The van der Waals surface area contributed by atoms with Crippen LogP contribution in [-0.4, -0.2) is 18.5 Å². The van der Waals surface area contributed by atoms with Gasteiger partial charge in [0, 0.05) is 4.47 Å². The molecular formula is C17H15BrN2O3. The third-order valence-electron chi connectivity index (χ3n) is 3.74. The normalized spacial score (nSPS) is 20.1. The second-order valence-corrected chi connectivity index (χ2v) is 6.34. The Morgan fingerprint density at radius 2 is 1.87 bits per heavy atom. The van der Waals surface area contributed by atoms with Gasteiger partial charge in [-0.05, 0) is 36.8 Å². The van der Waals surface area contributed by atoms with Crippen LogP contribution >= 0.6 is 15.9 Å². The Morgan fingerprint density at radius 1 is 1.13 bits per heavy atom. The zero-order valence-corrected chi connectivity index (χ0v) is 14.0. The van der Waals surface area contributed by atoms with E-state index in [1.807, 2.05) is 43.3 Å². The van der Waals surface area contributed by atoms with Gasteiger partial charge >= 0.3 is 6.03 Å². The van der Waals surface area contributed by atoms with Gasteiger partial charge in [0.05, 0.1) is 0 Å². The van der Waals surface area contributed by atoms with Crippen molar-refractivity contribution < 1.29 is 14.3 Å². The molecule has 2 N–H and O–H groups in total. The first-order valence-corrected chi connectivity index (χ1v) is 7.88. The van der Waals surface area contributed by atoms with Crippen LogP contribution in [-0.2, 0) is 10.3 Å². The van der Waals surface area contributed by atoms with Crippen molar-refractivity contribution in [3.8, 4) is 5.75 Å². The third kappa shape index (κ3) is 3.07. The number of hydrogen-bond donors (Lipinski definition) is 2. The predicted octanol–water partition coefficient (Wildman–Crippen LogP) is 2.87. The van der Waals surface area contributed by atoms with Gasteiger partial charge < -0.3 is 10.1 Å². The van der Waals surface area contributed by atoms with Gasteiger partial charge in [0.2, 0.25) is 0 Å². The van der Waals surface area contributed by atoms with E-state index in [4.69, 9.17) is 4.74 Å². The van der Waals surface area contributed by atoms with E-state index in [1.54, 1.807) is 12.1 Å². The lowest BCUT2D eigenvalue weighted by Crippen LogP contribution is -2.48. The Morgan fingerprint density at radius 3 is 2.48 bits per heavy atom. The summed E-state index contributed by atoms with van der Waals surface area (Å²) >= 11 is 3.39. The Hall–Kier alpha value is -2.34. The summed E-state index contributed by atoms with van der Waals surface area (Å²) in [6.07, 6.45) is 0. The maximum absolute atomic E-state index is 12.4. The second-order valence-electron chi connectivity index (χ2n) is 5.43. The van der Waals surface area contributed by atoms with E-state index in [0.717, 1.165) is 10.0 Å². The summed E-state index contributed by atoms with van der Waals surface area (Å²) in [5.41, 5.74) is 0.527. The number of carbonyl (C=O) groups excluding carboxylic acids is 2. The summed E-state index contributed by atoms with van der Waals surface area (Å²) in [5, 5.41) is 4.98. The van der Waals surface area contributed by atoms with Crippen molar-refractivity contribution in [3.05, 3.63) is 64.1 Å². The molecule has 1 heterocycles. The molecule has 0 bridgehead atoms. The fourth-order valence-electron chi connectivity index (χ4n) is 2.46. The minimum atomic E-state index is -1.24. The molecule has 2 aromatic carbocycles. The summed E-state index contributed by atoms with van der Waals surface area (Å²) in [5.74, 6) is 0.214. The van der Waals surface area contributed by atoms with Gasteiger partial charge in [-0.1, -0.05) is 45.8 Å². The maximum atomic E-state index is 12.4. The smallest absolute Gasteiger partial charge is 0.322 e. The lowest BCUT2D eigenvalue weighted by atomic mass is 9.91. The van der Waals surface area contributed by atoms with Gasteiger partial charge in [-0.3, -0.25) is 10.1 Å². The SMILES string of the molecule is Cc1ccc(OCC2(c3cccc(Br)c3)NC(=O)NC2=O)cc1. The number of benzene rings is 2. The lowest BCUT2D eigenvalue weighted by Gasteiger charge is -2.26. The van der Waals surface area contributed by atoms with Gasteiger partial charge in [-0.15, -0.1) is 0 Å². The highest BCUT2D eigenvalue weighted by Gasteiger charge is 2.48. The minimum Gasteiger partial charge on any atom is -0.490 e. The molecule has 1 atom stereocenters. The average molecular weight is 375 g/mol. The zero-order valence-electron chi connectivity index (χ0n) is 12.4. The van der Waals surface area contributed by atoms with Crippen LogP contribution in [0, 0.1) is 6.92 Å². The monoisotopic (exact) mass is 374 g/mol. The molecule has 1 aliphatic heterocycles. The fourth-order valence-corrected chi connectivity index (χ4v) is 2.86. The molecule has 118 valence electrons. The summed E-state index contributed by atoms with van der Waals surface area (Å²) < 4.78 is 6.59. The fraction of sp³-hybridized carbons (Fsp3) is 0.176. The highest BCUT2D eigenvalue weighted by Crippen LogP contribution is 2.28. The topological polar surface area (TPSA) is 67.4 Å². The maximum Gasteiger partial charge on any atom is 0.322 e. The summed E-state index contributed by atoms with van der Waals surface area (Å²) in [6, 6.07) is 14.2. The Kier molecular flexibility index (Phi) is 4.09. The molecule has 1 unspecified atom stereocenters. The Labute approximate surface area is 142 Å². The summed E-state index contributed by atoms with van der Waals surface area (Å²) in [4.78, 5) is 24.1. The number of imide groups is 1. The summed E-state index contributed by atoms with van der Waals surface area (Å²) in [7, 11) is 0. The van der Waals surface area contributed by atoms with Crippen LogP contribution in [0.5, 0.6) is 5.75 Å². The predicted molar refractivity (Wildman–Crippen MR) is 89.2 cm³/mol. The molecule has 3 amide bonds. The standard InChI is InChI=1S/C17H15BrN2O3/c1-11-5-7-14(8-6-11)23-10-17(15(21)19-16(22)20-17)12-3-2-4-13(18)9-12/h2-9H,10H2,1H3,(H2,19,20,21,22). The molecule has 5 nitrogen and oxygen atoms in total. The van der Waals surface area contributed by atoms with Gasteiger partial charge in [0.15, 0.2) is 5.54 Å². The van der Waals surface area contributed by atoms with E-state index in [0.29, 0.717) is 11.3 Å². The minimum absolute atomic E-state index is 0.00406. The van der Waals surface area contributed by atoms with E-state index in [9.17, 15) is 9.59 Å². The molecule has 0 aliphatic carbocycles. The average Bonchev–Trinajstić information content (AvgIpc) is 2.82. The first-order chi connectivity index (χ1) is 11.0. The molecule has 1 saturated heterocycles. The van der Waals surface area contributed by atoms with Gasteiger partial charge in [0.1, 0.15) is 12.4 Å². The Balaban J connectivity index is 1.92. The van der Waals surface area contributed by atoms with Crippen LogP contribution in [0.25, 0.3) is 0 Å². The molecule has 2 aromatic rings. The van der Waals surface area contributed by atoms with Crippen LogP contribution in [0.2, 0.25) is 0 Å². The van der Waals surface area contributed by atoms with Gasteiger partial charge in [-0.2, -0.15) is 0 Å². The van der Waals surface area contributed by atoms with Gasteiger partial charge in [0.25, 0.3) is 5.91 Å². The summed E-state index contributed by atoms with van der Waals surface area (Å²) in [6.45, 7) is 1.99. The molecule has 6 heteroatoms. The number of carbonyl (C=O) groups is 2. The number of aryl methyl sites for hydroxylation is 1. The van der Waals surface area contributed by atoms with Crippen LogP contribution in [0.3, 0.4) is 0 Å². The number of ether oxygens (including phenoxy) is 1. The van der Waals surface area contributed by atoms with Crippen molar-refractivity contribution in [2.45, 2.75) is 12.5 Å². The molecule has 23 heavy (non-hydrogen) atoms. The second kappa shape index (κ2) is 6.04. The molecule has 0 aromatic heterocycles. The molecule has 0 spiro atoms. The first kappa shape index (κ1) is 15.6. The quantitative estimate of drug-likeness (QED) is 0.808. The first-order valence-electron chi connectivity index (χ1n) is 7.09. The zero-order chi connectivity index (χ0) is 16.4. The van der Waals surface area contributed by atoms with E-state index in [-0.39, 0.29) is 6.61 Å². The highest BCUT2D eigenvalue weighted by molar-refractivity contribution is 9.10. The van der Waals surface area contributed by atoms with Gasteiger partial charge in [-0.25, -0.2) is 4.79 Å². The number of urea groups is 1. The van der Waals surface area contributed by atoms with Crippen molar-refractivity contribution in [1.82, 2.24) is 10.6 Å². The molecular weight excluding hydrogens is 360 g/mol. The van der Waals surface area contributed by atoms with E-state index in [1.165, 1.54) is 0 Å². The molecule has 1 fully saturated rings. The molecule has 1 aliphatic rings. The Bertz CT molecular complexity index is 761. The molecule has 0 saturated carbocycles. The lowest BCUT2D eigenvalue weighted by molar-refractivity contribution is -0.125. The van der Waals surface area contributed by atoms with E-state index in [2.05, 4.69) is 26.6 Å². The van der Waals surface area contributed by atoms with E-state index >= 15 is 0 Å². The van der Waals surface area contributed by atoms with Crippen LogP contribution in [0.1, 0.15) is 11.1 Å². The van der Waals surface area contributed by atoms with Crippen LogP contribution in [0.15, 0.2) is 53.0 Å².